The first-order valence-corrected chi connectivity index (χ1v) is 10.5. The van der Waals surface area contributed by atoms with Crippen molar-refractivity contribution >= 4 is 11.6 Å². The molecule has 1 aliphatic heterocycles. The van der Waals surface area contributed by atoms with Gasteiger partial charge in [0.2, 0.25) is 0 Å². The number of piperazine rings is 1. The lowest BCUT2D eigenvalue weighted by atomic mass is 9.92. The molecule has 0 spiro atoms. The highest BCUT2D eigenvalue weighted by Gasteiger charge is 2.22. The number of fused-ring (bicyclic) bond motifs is 1. The Balaban J connectivity index is 1.30. The van der Waals surface area contributed by atoms with Crippen molar-refractivity contribution in [3.63, 3.8) is 0 Å². The molecule has 2 aromatic rings. The highest BCUT2D eigenvalue weighted by atomic mass is 16.5. The predicted octanol–water partition coefficient (Wildman–Crippen LogP) is 3.91. The molecule has 4 rings (SSSR count). The Bertz CT molecular complexity index is 854. The van der Waals surface area contributed by atoms with E-state index in [0.717, 1.165) is 38.3 Å². The summed E-state index contributed by atoms with van der Waals surface area (Å²) >= 11 is 0. The number of benzene rings is 2. The van der Waals surface area contributed by atoms with Gasteiger partial charge in [-0.05, 0) is 80.0 Å². The Morgan fingerprint density at radius 3 is 2.50 bits per heavy atom. The van der Waals surface area contributed by atoms with Crippen molar-refractivity contribution in [1.82, 2.24) is 4.90 Å². The third-order valence-electron chi connectivity index (χ3n) is 6.23. The zero-order valence-electron chi connectivity index (χ0n) is 17.0. The van der Waals surface area contributed by atoms with Gasteiger partial charge in [0, 0.05) is 31.9 Å². The van der Waals surface area contributed by atoms with Crippen molar-refractivity contribution in [3.05, 3.63) is 58.7 Å². The van der Waals surface area contributed by atoms with Crippen molar-refractivity contribution in [2.45, 2.75) is 39.5 Å². The number of rotatable bonds is 4. The van der Waals surface area contributed by atoms with Crippen molar-refractivity contribution < 1.29 is 9.53 Å². The molecule has 28 heavy (non-hydrogen) atoms. The first-order chi connectivity index (χ1) is 13.6. The number of nitrogens with zero attached hydrogens (tertiary/aromatic N) is 2. The number of carbonyl (C=O) groups excluding carboxylic acids is 1. The average Bonchev–Trinajstić information content (AvgIpc) is 2.74. The van der Waals surface area contributed by atoms with E-state index in [9.17, 15) is 4.79 Å². The van der Waals surface area contributed by atoms with Crippen molar-refractivity contribution in [2.75, 3.05) is 37.7 Å². The fourth-order valence-corrected chi connectivity index (χ4v) is 4.31. The Morgan fingerprint density at radius 1 is 0.964 bits per heavy atom. The summed E-state index contributed by atoms with van der Waals surface area (Å²) in [7, 11) is 0. The van der Waals surface area contributed by atoms with Crippen LogP contribution in [0.15, 0.2) is 36.4 Å². The van der Waals surface area contributed by atoms with Crippen molar-refractivity contribution in [3.8, 4) is 5.75 Å². The summed E-state index contributed by atoms with van der Waals surface area (Å²) in [6, 6.07) is 12.7. The molecule has 4 nitrogen and oxygen atoms in total. The topological polar surface area (TPSA) is 32.8 Å². The first kappa shape index (κ1) is 18.9. The summed E-state index contributed by atoms with van der Waals surface area (Å²) in [5.41, 5.74) is 6.76. The van der Waals surface area contributed by atoms with Gasteiger partial charge in [-0.1, -0.05) is 18.2 Å². The standard InChI is InChI=1S/C24H30N2O2/c1-18-6-5-9-23(19(18)2)25-12-14-26(15-13-25)24(27)17-28-22-11-10-20-7-3-4-8-21(20)16-22/h5-6,9-11,16H,3-4,7-8,12-15,17H2,1-2H3. The second-order valence-corrected chi connectivity index (χ2v) is 8.01. The minimum Gasteiger partial charge on any atom is -0.484 e. The fourth-order valence-electron chi connectivity index (χ4n) is 4.31. The lowest BCUT2D eigenvalue weighted by Gasteiger charge is -2.37. The van der Waals surface area contributed by atoms with E-state index in [0.29, 0.717) is 0 Å². The molecule has 0 atom stereocenters. The SMILES string of the molecule is Cc1cccc(N2CCN(C(=O)COc3ccc4c(c3)CCCC4)CC2)c1C. The number of anilines is 1. The van der Waals surface area contributed by atoms with Crippen LogP contribution in [0.1, 0.15) is 35.1 Å². The number of ether oxygens (including phenoxy) is 1. The molecule has 2 aliphatic rings. The minimum atomic E-state index is 0.0818. The van der Waals surface area contributed by atoms with Gasteiger partial charge in [0.15, 0.2) is 6.61 Å². The molecule has 1 fully saturated rings. The summed E-state index contributed by atoms with van der Waals surface area (Å²) < 4.78 is 5.83. The zero-order valence-corrected chi connectivity index (χ0v) is 17.0. The maximum atomic E-state index is 12.6. The van der Waals surface area contributed by atoms with E-state index < -0.39 is 0 Å². The van der Waals surface area contributed by atoms with E-state index in [1.54, 1.807) is 0 Å². The molecule has 0 radical (unpaired) electrons. The van der Waals surface area contributed by atoms with Gasteiger partial charge in [0.25, 0.3) is 5.91 Å². The zero-order chi connectivity index (χ0) is 19.5. The third-order valence-corrected chi connectivity index (χ3v) is 6.23. The molecular formula is C24H30N2O2. The molecule has 0 aromatic heterocycles. The van der Waals surface area contributed by atoms with Crippen LogP contribution in [0.3, 0.4) is 0 Å². The van der Waals surface area contributed by atoms with E-state index >= 15 is 0 Å². The summed E-state index contributed by atoms with van der Waals surface area (Å²) in [4.78, 5) is 16.9. The highest BCUT2D eigenvalue weighted by molar-refractivity contribution is 5.78. The van der Waals surface area contributed by atoms with Crippen molar-refractivity contribution in [2.24, 2.45) is 0 Å². The fraction of sp³-hybridized carbons (Fsp3) is 0.458. The lowest BCUT2D eigenvalue weighted by Crippen LogP contribution is -2.50. The molecule has 0 unspecified atom stereocenters. The summed E-state index contributed by atoms with van der Waals surface area (Å²) in [5, 5.41) is 0. The number of hydrogen-bond donors (Lipinski definition) is 0. The Hall–Kier alpha value is -2.49. The molecule has 4 heteroatoms. The Kier molecular flexibility index (Phi) is 5.56. The summed E-state index contributed by atoms with van der Waals surface area (Å²) in [6.07, 6.45) is 4.82. The summed E-state index contributed by atoms with van der Waals surface area (Å²) in [6.45, 7) is 7.69. The molecule has 148 valence electrons. The van der Waals surface area contributed by atoms with E-state index in [2.05, 4.69) is 49.1 Å². The second kappa shape index (κ2) is 8.26. The molecule has 0 saturated carbocycles. The average molecular weight is 379 g/mol. The van der Waals surface area contributed by atoms with Crippen LogP contribution in [0.5, 0.6) is 5.75 Å². The van der Waals surface area contributed by atoms with Crippen LogP contribution in [-0.4, -0.2) is 43.6 Å². The maximum absolute atomic E-state index is 12.6. The largest absolute Gasteiger partial charge is 0.484 e. The number of hydrogen-bond acceptors (Lipinski definition) is 3. The smallest absolute Gasteiger partial charge is 0.260 e. The predicted molar refractivity (Wildman–Crippen MR) is 113 cm³/mol. The van der Waals surface area contributed by atoms with E-state index in [-0.39, 0.29) is 12.5 Å². The second-order valence-electron chi connectivity index (χ2n) is 8.01. The van der Waals surface area contributed by atoms with Gasteiger partial charge >= 0.3 is 0 Å². The molecule has 0 N–H and O–H groups in total. The summed E-state index contributed by atoms with van der Waals surface area (Å²) in [5.74, 6) is 0.904. The quantitative estimate of drug-likeness (QED) is 0.809. The highest BCUT2D eigenvalue weighted by Crippen LogP contribution is 2.26. The van der Waals surface area contributed by atoms with Gasteiger partial charge in [-0.2, -0.15) is 0 Å². The van der Waals surface area contributed by atoms with Crippen LogP contribution in [0.2, 0.25) is 0 Å². The molecular weight excluding hydrogens is 348 g/mol. The Morgan fingerprint density at radius 2 is 1.71 bits per heavy atom. The van der Waals surface area contributed by atoms with Crippen LogP contribution in [0, 0.1) is 13.8 Å². The third kappa shape index (κ3) is 4.01. The van der Waals surface area contributed by atoms with Crippen LogP contribution in [-0.2, 0) is 17.6 Å². The van der Waals surface area contributed by atoms with Gasteiger partial charge in [-0.3, -0.25) is 4.79 Å². The number of carbonyl (C=O) groups is 1. The van der Waals surface area contributed by atoms with Crippen LogP contribution < -0.4 is 9.64 Å². The molecule has 1 aliphatic carbocycles. The number of aryl methyl sites for hydroxylation is 3. The van der Waals surface area contributed by atoms with E-state index in [1.807, 2.05) is 11.0 Å². The lowest BCUT2D eigenvalue weighted by molar-refractivity contribution is -0.133. The maximum Gasteiger partial charge on any atom is 0.260 e. The Labute approximate surface area is 168 Å². The first-order valence-electron chi connectivity index (χ1n) is 10.5. The van der Waals surface area contributed by atoms with Gasteiger partial charge in [-0.25, -0.2) is 0 Å². The van der Waals surface area contributed by atoms with Gasteiger partial charge in [0.05, 0.1) is 0 Å². The molecule has 1 heterocycles. The minimum absolute atomic E-state index is 0.0818. The van der Waals surface area contributed by atoms with Crippen LogP contribution >= 0.6 is 0 Å². The normalized spacial score (nSPS) is 16.6. The van der Waals surface area contributed by atoms with Gasteiger partial charge in [-0.15, -0.1) is 0 Å². The molecule has 1 amide bonds. The van der Waals surface area contributed by atoms with E-state index in [4.69, 9.17) is 4.74 Å². The van der Waals surface area contributed by atoms with Crippen LogP contribution in [0.4, 0.5) is 5.69 Å². The van der Waals surface area contributed by atoms with Crippen LogP contribution in [0.25, 0.3) is 0 Å². The van der Waals surface area contributed by atoms with E-state index in [1.165, 1.54) is 47.2 Å². The van der Waals surface area contributed by atoms with Gasteiger partial charge in [0.1, 0.15) is 5.75 Å². The molecule has 2 aromatic carbocycles. The van der Waals surface area contributed by atoms with Crippen molar-refractivity contribution in [1.29, 1.82) is 0 Å². The number of amides is 1. The monoisotopic (exact) mass is 378 g/mol. The van der Waals surface area contributed by atoms with Gasteiger partial charge < -0.3 is 14.5 Å². The molecule has 0 bridgehead atoms. The molecule has 1 saturated heterocycles.